The van der Waals surface area contributed by atoms with Crippen molar-refractivity contribution in [2.75, 3.05) is 13.2 Å². The number of aliphatic carboxylic acids is 1. The number of carboxylic acids is 1. The van der Waals surface area contributed by atoms with Crippen molar-refractivity contribution < 1.29 is 60.3 Å². The molecule has 0 spiro atoms. The Morgan fingerprint density at radius 2 is 1.08 bits per heavy atom. The van der Waals surface area contributed by atoms with Gasteiger partial charge in [0.05, 0.1) is 6.54 Å². The summed E-state index contributed by atoms with van der Waals surface area (Å²) in [5.74, 6) is -7.85. The lowest BCUT2D eigenvalue weighted by molar-refractivity contribution is -0.138. The second-order valence-electron chi connectivity index (χ2n) is 8.06. The molecular weight excluding hydrogens is 494 g/mol. The third-order valence-electron chi connectivity index (χ3n) is 5.17. The van der Waals surface area contributed by atoms with Crippen LogP contribution in [0.5, 0.6) is 51.7 Å². The number of ether oxygens (including phenoxy) is 1. The van der Waals surface area contributed by atoms with E-state index in [4.69, 9.17) is 4.74 Å². The van der Waals surface area contributed by atoms with Gasteiger partial charge in [-0.05, 0) is 47.5 Å². The highest BCUT2D eigenvalue weighted by Crippen LogP contribution is 2.39. The van der Waals surface area contributed by atoms with Gasteiger partial charge in [-0.2, -0.15) is 0 Å². The van der Waals surface area contributed by atoms with Crippen LogP contribution in [0.15, 0.2) is 36.4 Å². The van der Waals surface area contributed by atoms with E-state index in [9.17, 15) is 55.5 Å². The molecule has 3 aromatic carbocycles. The largest absolute Gasteiger partial charge is 0.504 e. The number of Topliss-reactive ketones (excluding diaryl/α,β-unsaturated/α-hetero) is 1. The number of carboxylic acid groups (broad SMARTS) is 1. The van der Waals surface area contributed by atoms with Crippen LogP contribution >= 0.6 is 0 Å². The third-order valence-corrected chi connectivity index (χ3v) is 5.17. The molecule has 0 fully saturated rings. The zero-order chi connectivity index (χ0) is 27.4. The highest BCUT2D eigenvalue weighted by molar-refractivity contribution is 5.98. The molecule has 13 nitrogen and oxygen atoms in total. The summed E-state index contributed by atoms with van der Waals surface area (Å²) in [6, 6.07) is 6.46. The maximum absolute atomic E-state index is 12.4. The van der Waals surface area contributed by atoms with Crippen molar-refractivity contribution in [3.05, 3.63) is 53.1 Å². The Kier molecular flexibility index (Phi) is 7.68. The van der Waals surface area contributed by atoms with Gasteiger partial charge < -0.3 is 50.7 Å². The number of hydrogen-bond acceptors (Lipinski definition) is 12. The summed E-state index contributed by atoms with van der Waals surface area (Å²) < 4.78 is 5.30. The first-order chi connectivity index (χ1) is 17.3. The molecule has 3 aromatic rings. The van der Waals surface area contributed by atoms with E-state index in [2.05, 4.69) is 0 Å². The molecule has 0 heterocycles. The average Bonchev–Trinajstić information content (AvgIpc) is 2.81. The number of carbonyl (C=O) groups is 2. The summed E-state index contributed by atoms with van der Waals surface area (Å²) >= 11 is 0. The summed E-state index contributed by atoms with van der Waals surface area (Å²) in [7, 11) is 0. The molecule has 0 amide bonds. The van der Waals surface area contributed by atoms with E-state index in [1.54, 1.807) is 0 Å². The molecule has 0 radical (unpaired) electrons. The Balaban J connectivity index is 1.80. The minimum atomic E-state index is -1.21. The second-order valence-corrected chi connectivity index (χ2v) is 8.06. The van der Waals surface area contributed by atoms with E-state index in [-0.39, 0.29) is 35.5 Å². The number of aromatic hydroxyl groups is 8. The molecule has 0 aliphatic heterocycles. The van der Waals surface area contributed by atoms with Gasteiger partial charge in [-0.1, -0.05) is 0 Å². The summed E-state index contributed by atoms with van der Waals surface area (Å²) in [4.78, 5) is 25.1. The molecule has 9 N–H and O–H groups in total. The predicted octanol–water partition coefficient (Wildman–Crippen LogP) is 1.68. The summed E-state index contributed by atoms with van der Waals surface area (Å²) in [6.45, 7) is -1.46. The van der Waals surface area contributed by atoms with Crippen LogP contribution in [0.3, 0.4) is 0 Å². The Labute approximate surface area is 208 Å². The van der Waals surface area contributed by atoms with Crippen molar-refractivity contribution in [3.8, 4) is 51.7 Å². The first-order valence-corrected chi connectivity index (χ1v) is 10.5. The zero-order valence-electron chi connectivity index (χ0n) is 19.0. The zero-order valence-corrected chi connectivity index (χ0v) is 19.0. The monoisotopic (exact) mass is 517 g/mol. The van der Waals surface area contributed by atoms with Gasteiger partial charge in [-0.3, -0.25) is 14.5 Å². The molecule has 0 aliphatic rings. The van der Waals surface area contributed by atoms with E-state index >= 15 is 0 Å². The fourth-order valence-corrected chi connectivity index (χ4v) is 3.47. The highest BCUT2D eigenvalue weighted by Gasteiger charge is 2.19. The van der Waals surface area contributed by atoms with Gasteiger partial charge in [-0.25, -0.2) is 0 Å². The Bertz CT molecular complexity index is 1310. The van der Waals surface area contributed by atoms with E-state index in [1.807, 2.05) is 0 Å². The van der Waals surface area contributed by atoms with Crippen molar-refractivity contribution in [2.24, 2.45) is 0 Å². The molecule has 37 heavy (non-hydrogen) atoms. The second kappa shape index (κ2) is 10.7. The predicted molar refractivity (Wildman–Crippen MR) is 124 cm³/mol. The van der Waals surface area contributed by atoms with Gasteiger partial charge in [0.2, 0.25) is 5.75 Å². The number of rotatable bonds is 10. The van der Waals surface area contributed by atoms with Crippen LogP contribution in [0, 0.1) is 0 Å². The first kappa shape index (κ1) is 26.6. The van der Waals surface area contributed by atoms with Crippen molar-refractivity contribution >= 4 is 11.8 Å². The molecule has 3 rings (SSSR count). The smallest absolute Gasteiger partial charge is 0.317 e. The van der Waals surface area contributed by atoms with E-state index in [0.29, 0.717) is 0 Å². The molecular formula is C24H23NO12. The minimum Gasteiger partial charge on any atom is -0.504 e. The quantitative estimate of drug-likeness (QED) is 0.138. The number of phenolic OH excluding ortho intramolecular Hbond substituents is 8. The number of benzene rings is 3. The molecule has 0 aliphatic carbocycles. The molecule has 0 bridgehead atoms. The topological polar surface area (TPSA) is 229 Å². The lowest BCUT2D eigenvalue weighted by Gasteiger charge is -2.21. The van der Waals surface area contributed by atoms with Crippen molar-refractivity contribution in [1.29, 1.82) is 0 Å². The SMILES string of the molecule is O=C(O)CN(Cc1cc(O)c(O)c(O)c1)Cc1cc(O)c(O)c(OCC(=O)c2cc(O)c(O)c(O)c2)c1. The van der Waals surface area contributed by atoms with E-state index < -0.39 is 70.9 Å². The lowest BCUT2D eigenvalue weighted by Crippen LogP contribution is -2.29. The average molecular weight is 517 g/mol. The maximum Gasteiger partial charge on any atom is 0.317 e. The number of carbonyl (C=O) groups excluding carboxylic acids is 1. The van der Waals surface area contributed by atoms with E-state index in [0.717, 1.165) is 30.3 Å². The molecule has 0 saturated carbocycles. The maximum atomic E-state index is 12.4. The van der Waals surface area contributed by atoms with Gasteiger partial charge in [-0.15, -0.1) is 0 Å². The highest BCUT2D eigenvalue weighted by atomic mass is 16.5. The standard InChI is InChI=1S/C24H23NO12/c26-14-1-11(2-15(27)22(14)34)7-25(9-21(32)33)8-12-3-16(28)24(36)20(4-12)37-10-19(31)13-5-17(29)23(35)18(30)6-13/h1-6,26-30,34-36H,7-10H2,(H,32,33). The first-order valence-electron chi connectivity index (χ1n) is 10.5. The normalized spacial score (nSPS) is 10.9. The summed E-state index contributed by atoms with van der Waals surface area (Å²) in [5, 5.41) is 87.0. The number of ketones is 1. The van der Waals surface area contributed by atoms with Crippen molar-refractivity contribution in [3.63, 3.8) is 0 Å². The van der Waals surface area contributed by atoms with Gasteiger partial charge in [0, 0.05) is 18.7 Å². The number of hydrogen-bond donors (Lipinski definition) is 9. The van der Waals surface area contributed by atoms with Crippen LogP contribution in [0.25, 0.3) is 0 Å². The molecule has 0 atom stereocenters. The minimum absolute atomic E-state index is 0.113. The van der Waals surface area contributed by atoms with Gasteiger partial charge >= 0.3 is 5.97 Å². The Hall–Kier alpha value is -5.04. The van der Waals surface area contributed by atoms with Crippen LogP contribution in [-0.2, 0) is 17.9 Å². The molecule has 0 unspecified atom stereocenters. The summed E-state index contributed by atoms with van der Waals surface area (Å²) in [5.41, 5.74) is 0.311. The van der Waals surface area contributed by atoms with Gasteiger partial charge in [0.25, 0.3) is 0 Å². The van der Waals surface area contributed by atoms with Crippen LogP contribution < -0.4 is 4.74 Å². The Morgan fingerprint density at radius 3 is 1.57 bits per heavy atom. The summed E-state index contributed by atoms with van der Waals surface area (Å²) in [6.07, 6.45) is 0. The van der Waals surface area contributed by atoms with E-state index in [1.165, 1.54) is 11.0 Å². The fraction of sp³-hybridized carbons (Fsp3) is 0.167. The molecule has 196 valence electrons. The van der Waals surface area contributed by atoms with Crippen LogP contribution in [0.4, 0.5) is 0 Å². The number of nitrogens with zero attached hydrogens (tertiary/aromatic N) is 1. The van der Waals surface area contributed by atoms with Crippen LogP contribution in [0.1, 0.15) is 21.5 Å². The van der Waals surface area contributed by atoms with Crippen LogP contribution in [-0.4, -0.2) is 75.8 Å². The lowest BCUT2D eigenvalue weighted by atomic mass is 10.1. The van der Waals surface area contributed by atoms with Gasteiger partial charge in [0.1, 0.15) is 0 Å². The van der Waals surface area contributed by atoms with Crippen molar-refractivity contribution in [2.45, 2.75) is 13.1 Å². The third kappa shape index (κ3) is 6.35. The molecule has 0 saturated heterocycles. The number of phenols is 8. The van der Waals surface area contributed by atoms with Crippen molar-refractivity contribution in [1.82, 2.24) is 4.90 Å². The fourth-order valence-electron chi connectivity index (χ4n) is 3.47. The van der Waals surface area contributed by atoms with Crippen LogP contribution in [0.2, 0.25) is 0 Å². The Morgan fingerprint density at radius 1 is 0.649 bits per heavy atom. The molecule has 0 aromatic heterocycles. The molecule has 13 heteroatoms. The van der Waals surface area contributed by atoms with Gasteiger partial charge in [0.15, 0.2) is 58.4 Å².